The van der Waals surface area contributed by atoms with Crippen LogP contribution in [-0.4, -0.2) is 16.9 Å². The quantitative estimate of drug-likeness (QED) is 0.854. The first-order chi connectivity index (χ1) is 9.99. The predicted molar refractivity (Wildman–Crippen MR) is 78.9 cm³/mol. The molecule has 2 rings (SSSR count). The minimum absolute atomic E-state index is 0.0103. The van der Waals surface area contributed by atoms with E-state index >= 15 is 0 Å². The van der Waals surface area contributed by atoms with Crippen LogP contribution in [0.3, 0.4) is 0 Å². The van der Waals surface area contributed by atoms with Crippen molar-refractivity contribution >= 4 is 11.8 Å². The van der Waals surface area contributed by atoms with Crippen molar-refractivity contribution in [1.29, 1.82) is 0 Å². The summed E-state index contributed by atoms with van der Waals surface area (Å²) in [5.41, 5.74) is 1.97. The summed E-state index contributed by atoms with van der Waals surface area (Å²) in [6, 6.07) is 12.5. The molecule has 0 heterocycles. The lowest BCUT2D eigenvalue weighted by atomic mass is 10.0. The van der Waals surface area contributed by atoms with Gasteiger partial charge in [-0.1, -0.05) is 30.3 Å². The Labute approximate surface area is 123 Å². The Morgan fingerprint density at radius 1 is 1.14 bits per heavy atom. The minimum atomic E-state index is -1.11. The third kappa shape index (κ3) is 3.48. The van der Waals surface area contributed by atoms with Crippen LogP contribution in [0.4, 0.5) is 0 Å². The normalized spacial score (nSPS) is 10.2. The van der Waals surface area contributed by atoms with Gasteiger partial charge in [0.25, 0.3) is 0 Å². The van der Waals surface area contributed by atoms with Gasteiger partial charge in [0.2, 0.25) is 0 Å². The van der Waals surface area contributed by atoms with Gasteiger partial charge in [-0.15, -0.1) is 0 Å². The number of aryl methyl sites for hydroxylation is 1. The largest absolute Gasteiger partial charge is 0.488 e. The number of hydrogen-bond donors (Lipinski definition) is 1. The van der Waals surface area contributed by atoms with Crippen molar-refractivity contribution in [2.45, 2.75) is 20.5 Å². The number of aromatic carboxylic acids is 1. The number of benzene rings is 2. The third-order valence-corrected chi connectivity index (χ3v) is 3.14. The summed E-state index contributed by atoms with van der Waals surface area (Å²) in [6.07, 6.45) is 0. The number of carbonyl (C=O) groups excluding carboxylic acids is 1. The van der Waals surface area contributed by atoms with Crippen LogP contribution in [-0.2, 0) is 6.61 Å². The van der Waals surface area contributed by atoms with E-state index in [1.165, 1.54) is 13.0 Å². The van der Waals surface area contributed by atoms with E-state index < -0.39 is 5.97 Å². The van der Waals surface area contributed by atoms with Gasteiger partial charge in [0, 0.05) is 5.56 Å². The molecule has 0 saturated heterocycles. The van der Waals surface area contributed by atoms with Crippen LogP contribution < -0.4 is 4.74 Å². The van der Waals surface area contributed by atoms with E-state index in [0.717, 1.165) is 5.56 Å². The van der Waals surface area contributed by atoms with Crippen LogP contribution in [0.15, 0.2) is 42.5 Å². The van der Waals surface area contributed by atoms with Crippen LogP contribution in [0.1, 0.15) is 38.8 Å². The minimum Gasteiger partial charge on any atom is -0.488 e. The van der Waals surface area contributed by atoms with Gasteiger partial charge in [-0.25, -0.2) is 4.79 Å². The van der Waals surface area contributed by atoms with Gasteiger partial charge in [0.1, 0.15) is 17.9 Å². The Morgan fingerprint density at radius 2 is 1.81 bits per heavy atom. The van der Waals surface area contributed by atoms with Crippen molar-refractivity contribution in [3.8, 4) is 5.75 Å². The number of hydrogen-bond acceptors (Lipinski definition) is 3. The Hall–Kier alpha value is -2.62. The molecule has 0 unspecified atom stereocenters. The van der Waals surface area contributed by atoms with Crippen LogP contribution in [0, 0.1) is 6.92 Å². The highest BCUT2D eigenvalue weighted by molar-refractivity contribution is 5.99. The smallest absolute Gasteiger partial charge is 0.339 e. The van der Waals surface area contributed by atoms with E-state index in [2.05, 4.69) is 0 Å². The standard InChI is InChI=1S/C17H16O4/c1-11-8-14(12(2)18)9-15(17(19)20)16(11)21-10-13-6-4-3-5-7-13/h3-9H,10H2,1-2H3,(H,19,20). The molecule has 4 nitrogen and oxygen atoms in total. The van der Waals surface area contributed by atoms with Crippen LogP contribution >= 0.6 is 0 Å². The molecule has 0 spiro atoms. The molecule has 2 aromatic carbocycles. The average molecular weight is 284 g/mol. The van der Waals surface area contributed by atoms with E-state index in [0.29, 0.717) is 16.9 Å². The first kappa shape index (κ1) is 14.8. The van der Waals surface area contributed by atoms with Crippen LogP contribution in [0.2, 0.25) is 0 Å². The highest BCUT2D eigenvalue weighted by atomic mass is 16.5. The number of carboxylic acid groups (broad SMARTS) is 1. The first-order valence-electron chi connectivity index (χ1n) is 6.54. The molecule has 21 heavy (non-hydrogen) atoms. The number of Topliss-reactive ketones (excluding diaryl/α,β-unsaturated/α-hetero) is 1. The maximum atomic E-state index is 11.4. The van der Waals surface area contributed by atoms with E-state index in [1.807, 2.05) is 30.3 Å². The summed E-state index contributed by atoms with van der Waals surface area (Å²) in [6.45, 7) is 3.42. The van der Waals surface area contributed by atoms with Gasteiger partial charge in [-0.2, -0.15) is 0 Å². The van der Waals surface area contributed by atoms with Gasteiger partial charge < -0.3 is 9.84 Å². The average Bonchev–Trinajstić information content (AvgIpc) is 2.46. The van der Waals surface area contributed by atoms with Crippen molar-refractivity contribution in [1.82, 2.24) is 0 Å². The molecule has 0 fully saturated rings. The maximum absolute atomic E-state index is 11.4. The molecular formula is C17H16O4. The molecule has 0 bridgehead atoms. The van der Waals surface area contributed by atoms with Crippen molar-refractivity contribution in [3.05, 3.63) is 64.7 Å². The monoisotopic (exact) mass is 284 g/mol. The predicted octanol–water partition coefficient (Wildman–Crippen LogP) is 3.47. The molecule has 4 heteroatoms. The summed E-state index contributed by atoms with van der Waals surface area (Å²) in [5.74, 6) is -0.976. The summed E-state index contributed by atoms with van der Waals surface area (Å²) in [5, 5.41) is 9.30. The summed E-state index contributed by atoms with van der Waals surface area (Å²) >= 11 is 0. The van der Waals surface area contributed by atoms with E-state index in [4.69, 9.17) is 4.74 Å². The number of ketones is 1. The molecule has 108 valence electrons. The zero-order chi connectivity index (χ0) is 15.4. The Bertz CT molecular complexity index is 675. The summed E-state index contributed by atoms with van der Waals surface area (Å²) in [4.78, 5) is 22.8. The summed E-state index contributed by atoms with van der Waals surface area (Å²) < 4.78 is 5.66. The Morgan fingerprint density at radius 3 is 2.38 bits per heavy atom. The number of carbonyl (C=O) groups is 2. The van der Waals surface area contributed by atoms with Crippen molar-refractivity contribution in [2.75, 3.05) is 0 Å². The van der Waals surface area contributed by atoms with E-state index in [1.54, 1.807) is 13.0 Å². The third-order valence-electron chi connectivity index (χ3n) is 3.14. The highest BCUT2D eigenvalue weighted by Gasteiger charge is 2.17. The Balaban J connectivity index is 2.34. The van der Waals surface area contributed by atoms with E-state index in [9.17, 15) is 14.7 Å². The van der Waals surface area contributed by atoms with Gasteiger partial charge >= 0.3 is 5.97 Å². The molecule has 0 atom stereocenters. The topological polar surface area (TPSA) is 63.6 Å². The molecule has 0 aliphatic carbocycles. The van der Waals surface area contributed by atoms with Crippen molar-refractivity contribution in [3.63, 3.8) is 0 Å². The number of rotatable bonds is 5. The highest BCUT2D eigenvalue weighted by Crippen LogP contribution is 2.27. The zero-order valence-electron chi connectivity index (χ0n) is 11.9. The van der Waals surface area contributed by atoms with Crippen molar-refractivity contribution in [2.24, 2.45) is 0 Å². The Kier molecular flexibility index (Phi) is 4.38. The van der Waals surface area contributed by atoms with Gasteiger partial charge in [0.15, 0.2) is 5.78 Å². The second-order valence-electron chi connectivity index (χ2n) is 4.81. The second-order valence-corrected chi connectivity index (χ2v) is 4.81. The molecule has 0 radical (unpaired) electrons. The molecule has 0 amide bonds. The first-order valence-corrected chi connectivity index (χ1v) is 6.54. The maximum Gasteiger partial charge on any atom is 0.339 e. The molecule has 2 aromatic rings. The van der Waals surface area contributed by atoms with Gasteiger partial charge in [-0.05, 0) is 37.1 Å². The molecular weight excluding hydrogens is 268 g/mol. The number of carboxylic acids is 1. The molecule has 1 N–H and O–H groups in total. The summed E-state index contributed by atoms with van der Waals surface area (Å²) in [7, 11) is 0. The second kappa shape index (κ2) is 6.22. The lowest BCUT2D eigenvalue weighted by molar-refractivity contribution is 0.0691. The van der Waals surface area contributed by atoms with Gasteiger partial charge in [0.05, 0.1) is 0 Å². The molecule has 0 saturated carbocycles. The lowest BCUT2D eigenvalue weighted by Crippen LogP contribution is -2.07. The number of ether oxygens (including phenoxy) is 1. The molecule has 0 aromatic heterocycles. The fourth-order valence-corrected chi connectivity index (χ4v) is 2.06. The fourth-order valence-electron chi connectivity index (χ4n) is 2.06. The molecule has 0 aliphatic rings. The fraction of sp³-hybridized carbons (Fsp3) is 0.176. The lowest BCUT2D eigenvalue weighted by Gasteiger charge is -2.13. The van der Waals surface area contributed by atoms with Crippen molar-refractivity contribution < 1.29 is 19.4 Å². The van der Waals surface area contributed by atoms with E-state index in [-0.39, 0.29) is 18.0 Å². The molecule has 0 aliphatic heterocycles. The van der Waals surface area contributed by atoms with Gasteiger partial charge in [-0.3, -0.25) is 4.79 Å². The zero-order valence-corrected chi connectivity index (χ0v) is 11.9. The SMILES string of the molecule is CC(=O)c1cc(C)c(OCc2ccccc2)c(C(=O)O)c1. The van der Waals surface area contributed by atoms with Crippen LogP contribution in [0.25, 0.3) is 0 Å². The van der Waals surface area contributed by atoms with Crippen LogP contribution in [0.5, 0.6) is 5.75 Å².